The Hall–Kier alpha value is -1.82. The lowest BCUT2D eigenvalue weighted by Crippen LogP contribution is -2.20. The highest BCUT2D eigenvalue weighted by Gasteiger charge is 2.13. The van der Waals surface area contributed by atoms with Gasteiger partial charge >= 0.3 is 0 Å². The zero-order chi connectivity index (χ0) is 16.4. The van der Waals surface area contributed by atoms with Crippen molar-refractivity contribution in [2.24, 2.45) is 0 Å². The van der Waals surface area contributed by atoms with E-state index in [0.29, 0.717) is 26.4 Å². The largest absolute Gasteiger partial charge is 0.484 e. The highest BCUT2D eigenvalue weighted by Crippen LogP contribution is 2.35. The van der Waals surface area contributed by atoms with E-state index in [1.165, 1.54) is 11.3 Å². The molecule has 23 heavy (non-hydrogen) atoms. The van der Waals surface area contributed by atoms with Gasteiger partial charge in [0.25, 0.3) is 5.91 Å². The molecule has 1 aromatic heterocycles. The number of ether oxygens (including phenoxy) is 1. The molecule has 3 aromatic rings. The van der Waals surface area contributed by atoms with Crippen LogP contribution >= 0.6 is 34.5 Å². The number of halogens is 2. The van der Waals surface area contributed by atoms with Crippen LogP contribution in [0, 0.1) is 6.92 Å². The number of rotatable bonds is 4. The number of aromatic nitrogens is 1. The number of thiazole rings is 1. The summed E-state index contributed by atoms with van der Waals surface area (Å²) in [7, 11) is 0. The Labute approximate surface area is 147 Å². The molecule has 0 atom stereocenters. The maximum absolute atomic E-state index is 12.0. The van der Waals surface area contributed by atoms with Crippen LogP contribution in [-0.2, 0) is 4.79 Å². The first kappa shape index (κ1) is 16.1. The Bertz CT molecular complexity index is 841. The molecule has 3 rings (SSSR count). The molecule has 7 heteroatoms. The van der Waals surface area contributed by atoms with Crippen LogP contribution < -0.4 is 10.1 Å². The van der Waals surface area contributed by atoms with Gasteiger partial charge in [0, 0.05) is 0 Å². The molecule has 2 aromatic carbocycles. The van der Waals surface area contributed by atoms with Gasteiger partial charge in [0.2, 0.25) is 0 Å². The number of nitrogens with one attached hydrogen (secondary N) is 1. The summed E-state index contributed by atoms with van der Waals surface area (Å²) in [6, 6.07) is 10.9. The smallest absolute Gasteiger partial charge is 0.264 e. The molecule has 1 N–H and O–H groups in total. The molecule has 0 aliphatic heterocycles. The first-order valence-corrected chi connectivity index (χ1v) is 8.34. The first-order valence-electron chi connectivity index (χ1n) is 6.77. The molecule has 0 bridgehead atoms. The number of carbonyl (C=O) groups excluding carboxylic acids is 1. The molecule has 0 saturated heterocycles. The number of aryl methyl sites for hydroxylation is 1. The highest BCUT2D eigenvalue weighted by molar-refractivity contribution is 7.23. The molecule has 1 heterocycles. The van der Waals surface area contributed by atoms with Crippen molar-refractivity contribution in [1.29, 1.82) is 0 Å². The minimum Gasteiger partial charge on any atom is -0.484 e. The fourth-order valence-corrected chi connectivity index (χ4v) is 3.44. The van der Waals surface area contributed by atoms with E-state index in [9.17, 15) is 4.79 Å². The van der Waals surface area contributed by atoms with Crippen molar-refractivity contribution < 1.29 is 9.53 Å². The molecule has 0 fully saturated rings. The molecule has 118 valence electrons. The van der Waals surface area contributed by atoms with Gasteiger partial charge < -0.3 is 4.74 Å². The molecular weight excluding hydrogens is 355 g/mol. The van der Waals surface area contributed by atoms with E-state index in [1.54, 1.807) is 18.2 Å². The standard InChI is InChI=1S/C16H12Cl2N2O2S/c1-9-3-2-4-10(7-9)22-8-13(21)19-16-20-14-11(17)5-6-12(18)15(14)23-16/h2-7H,8H2,1H3,(H,19,20,21). The molecule has 1 amide bonds. The Morgan fingerprint density at radius 2 is 2.04 bits per heavy atom. The van der Waals surface area contributed by atoms with E-state index in [-0.39, 0.29) is 12.5 Å². The Morgan fingerprint density at radius 1 is 1.26 bits per heavy atom. The summed E-state index contributed by atoms with van der Waals surface area (Å²) in [5.41, 5.74) is 1.65. The van der Waals surface area contributed by atoms with Gasteiger partial charge in [-0.1, -0.05) is 46.7 Å². The fraction of sp³-hybridized carbons (Fsp3) is 0.125. The lowest BCUT2D eigenvalue weighted by molar-refractivity contribution is -0.118. The van der Waals surface area contributed by atoms with Crippen molar-refractivity contribution >= 4 is 55.8 Å². The minimum absolute atomic E-state index is 0.0964. The normalized spacial score (nSPS) is 10.7. The topological polar surface area (TPSA) is 51.2 Å². The van der Waals surface area contributed by atoms with Crippen molar-refractivity contribution in [2.75, 3.05) is 11.9 Å². The number of fused-ring (bicyclic) bond motifs is 1. The van der Waals surface area contributed by atoms with Gasteiger partial charge in [0.05, 0.1) is 14.7 Å². The predicted molar refractivity (Wildman–Crippen MR) is 94.9 cm³/mol. The SMILES string of the molecule is Cc1cccc(OCC(=O)Nc2nc3c(Cl)ccc(Cl)c3s2)c1. The first-order chi connectivity index (χ1) is 11.0. The van der Waals surface area contributed by atoms with Crippen LogP contribution in [-0.4, -0.2) is 17.5 Å². The van der Waals surface area contributed by atoms with Crippen molar-refractivity contribution in [3.8, 4) is 5.75 Å². The summed E-state index contributed by atoms with van der Waals surface area (Å²) in [5, 5.41) is 4.19. The van der Waals surface area contributed by atoms with Gasteiger partial charge in [-0.2, -0.15) is 0 Å². The van der Waals surface area contributed by atoms with Gasteiger partial charge in [-0.15, -0.1) is 0 Å². The third-order valence-electron chi connectivity index (χ3n) is 3.05. The average molecular weight is 367 g/mol. The average Bonchev–Trinajstić information content (AvgIpc) is 2.94. The second-order valence-corrected chi connectivity index (χ2v) is 6.69. The van der Waals surface area contributed by atoms with E-state index >= 15 is 0 Å². The minimum atomic E-state index is -0.294. The quantitative estimate of drug-likeness (QED) is 0.712. The van der Waals surface area contributed by atoms with E-state index in [1.807, 2.05) is 25.1 Å². The predicted octanol–water partition coefficient (Wildman–Crippen LogP) is 4.93. The van der Waals surface area contributed by atoms with Gasteiger partial charge in [0.15, 0.2) is 11.7 Å². The molecule has 4 nitrogen and oxygen atoms in total. The lowest BCUT2D eigenvalue weighted by atomic mass is 10.2. The second-order valence-electron chi connectivity index (χ2n) is 4.88. The number of hydrogen-bond donors (Lipinski definition) is 1. The Balaban J connectivity index is 1.68. The fourth-order valence-electron chi connectivity index (χ4n) is 2.01. The van der Waals surface area contributed by atoms with Crippen LogP contribution in [0.2, 0.25) is 10.0 Å². The maximum atomic E-state index is 12.0. The van der Waals surface area contributed by atoms with Crippen LogP contribution in [0.4, 0.5) is 5.13 Å². The van der Waals surface area contributed by atoms with Crippen molar-refractivity contribution in [1.82, 2.24) is 4.98 Å². The number of carbonyl (C=O) groups is 1. The van der Waals surface area contributed by atoms with Crippen molar-refractivity contribution in [3.63, 3.8) is 0 Å². The van der Waals surface area contributed by atoms with E-state index in [2.05, 4.69) is 10.3 Å². The van der Waals surface area contributed by atoms with Crippen molar-refractivity contribution in [2.45, 2.75) is 6.92 Å². The number of nitrogens with zero attached hydrogens (tertiary/aromatic N) is 1. The van der Waals surface area contributed by atoms with Crippen LogP contribution in [0.3, 0.4) is 0 Å². The summed E-state index contributed by atoms with van der Waals surface area (Å²) >= 11 is 13.5. The molecule has 0 spiro atoms. The van der Waals surface area contributed by atoms with Crippen LogP contribution in [0.1, 0.15) is 5.56 Å². The number of hydrogen-bond acceptors (Lipinski definition) is 4. The Morgan fingerprint density at radius 3 is 2.78 bits per heavy atom. The highest BCUT2D eigenvalue weighted by atomic mass is 35.5. The lowest BCUT2D eigenvalue weighted by Gasteiger charge is -2.06. The number of anilines is 1. The van der Waals surface area contributed by atoms with Crippen LogP contribution in [0.25, 0.3) is 10.2 Å². The Kier molecular flexibility index (Phi) is 4.71. The third-order valence-corrected chi connectivity index (χ3v) is 4.79. The summed E-state index contributed by atoms with van der Waals surface area (Å²) < 4.78 is 6.20. The molecular formula is C16H12Cl2N2O2S. The maximum Gasteiger partial charge on any atom is 0.264 e. The molecule has 0 unspecified atom stereocenters. The second kappa shape index (κ2) is 6.74. The van der Waals surface area contributed by atoms with E-state index < -0.39 is 0 Å². The summed E-state index contributed by atoms with van der Waals surface area (Å²) in [6.45, 7) is 1.86. The monoisotopic (exact) mass is 366 g/mol. The van der Waals surface area contributed by atoms with Crippen molar-refractivity contribution in [3.05, 3.63) is 52.0 Å². The van der Waals surface area contributed by atoms with Gasteiger partial charge in [-0.3, -0.25) is 10.1 Å². The van der Waals surface area contributed by atoms with E-state index in [0.717, 1.165) is 10.3 Å². The van der Waals surface area contributed by atoms with Crippen LogP contribution in [0.5, 0.6) is 5.75 Å². The van der Waals surface area contributed by atoms with Gasteiger partial charge in [-0.25, -0.2) is 4.98 Å². The summed E-state index contributed by atoms with van der Waals surface area (Å²) in [5.74, 6) is 0.355. The molecule has 0 radical (unpaired) electrons. The number of amides is 1. The summed E-state index contributed by atoms with van der Waals surface area (Å²) in [6.07, 6.45) is 0. The van der Waals surface area contributed by atoms with E-state index in [4.69, 9.17) is 27.9 Å². The zero-order valence-electron chi connectivity index (χ0n) is 12.1. The van der Waals surface area contributed by atoms with Crippen LogP contribution in [0.15, 0.2) is 36.4 Å². The van der Waals surface area contributed by atoms with Gasteiger partial charge in [0.1, 0.15) is 11.3 Å². The zero-order valence-corrected chi connectivity index (χ0v) is 14.4. The molecule has 0 aliphatic rings. The van der Waals surface area contributed by atoms with Gasteiger partial charge in [-0.05, 0) is 36.8 Å². The third kappa shape index (κ3) is 3.75. The number of benzene rings is 2. The summed E-state index contributed by atoms with van der Waals surface area (Å²) in [4.78, 5) is 16.3. The molecule has 0 saturated carbocycles. The molecule has 0 aliphatic carbocycles.